The van der Waals surface area contributed by atoms with Gasteiger partial charge in [-0.3, -0.25) is 0 Å². The first kappa shape index (κ1) is 11.0. The lowest BCUT2D eigenvalue weighted by atomic mass is 9.62. The molecule has 0 aliphatic heterocycles. The Morgan fingerprint density at radius 1 is 0.938 bits per heavy atom. The maximum Gasteiger partial charge on any atom is 0.234 e. The van der Waals surface area contributed by atoms with Gasteiger partial charge in [-0.2, -0.15) is 0 Å². The van der Waals surface area contributed by atoms with Gasteiger partial charge < -0.3 is 0 Å². The van der Waals surface area contributed by atoms with Crippen molar-refractivity contribution in [3.8, 4) is 0 Å². The Kier molecular flexibility index (Phi) is 3.45. The third-order valence-electron chi connectivity index (χ3n) is 3.82. The van der Waals surface area contributed by atoms with E-state index in [4.69, 9.17) is 0 Å². The van der Waals surface area contributed by atoms with Crippen molar-refractivity contribution in [1.82, 2.24) is 0 Å². The quantitative estimate of drug-likeness (QED) is 0.407. The van der Waals surface area contributed by atoms with Crippen molar-refractivity contribution in [3.63, 3.8) is 0 Å². The summed E-state index contributed by atoms with van der Waals surface area (Å²) in [5, 5.41) is 0. The van der Waals surface area contributed by atoms with Gasteiger partial charge in [0.1, 0.15) is 0 Å². The van der Waals surface area contributed by atoms with E-state index in [-0.39, 0.29) is 0 Å². The largest absolute Gasteiger partial charge is 0.234 e. The topological polar surface area (TPSA) is 58.9 Å². The van der Waals surface area contributed by atoms with Crippen molar-refractivity contribution in [1.29, 1.82) is 0 Å². The molecule has 0 saturated heterocycles. The van der Waals surface area contributed by atoms with Crippen molar-refractivity contribution in [3.05, 3.63) is 12.2 Å². The molecule has 0 aromatic rings. The van der Waals surface area contributed by atoms with Crippen LogP contribution in [0, 0.1) is 23.7 Å². The number of allylic oxidation sites excluding steroid dienone is 2. The molecule has 84 valence electrons. The van der Waals surface area contributed by atoms with E-state index < -0.39 is 0 Å². The smallest absolute Gasteiger partial charge is 0.211 e. The first-order valence-corrected chi connectivity index (χ1v) is 5.62. The molecule has 3 rings (SSSR count). The molecule has 0 heterocycles. The van der Waals surface area contributed by atoms with E-state index in [0.717, 1.165) is 12.8 Å². The maximum absolute atomic E-state index is 10.2. The Morgan fingerprint density at radius 3 is 1.69 bits per heavy atom. The molecule has 0 aromatic heterocycles. The predicted octanol–water partition coefficient (Wildman–Crippen LogP) is 1.49. The van der Waals surface area contributed by atoms with E-state index in [0.29, 0.717) is 36.8 Å². The van der Waals surface area contributed by atoms with Crippen LogP contribution in [0.1, 0.15) is 12.8 Å². The number of aliphatic imine (C=N–C) groups is 2. The van der Waals surface area contributed by atoms with E-state index >= 15 is 0 Å². The summed E-state index contributed by atoms with van der Waals surface area (Å²) in [6.45, 7) is 1.02. The third kappa shape index (κ3) is 2.04. The molecule has 4 nitrogen and oxygen atoms in total. The Hall–Kier alpha value is -1.50. The van der Waals surface area contributed by atoms with Crippen LogP contribution in [0.3, 0.4) is 0 Å². The molecular formula is C12H14N2O2. The van der Waals surface area contributed by atoms with E-state index in [1.165, 1.54) is 0 Å². The number of rotatable bonds is 4. The fourth-order valence-corrected chi connectivity index (χ4v) is 3.04. The predicted molar refractivity (Wildman–Crippen MR) is 58.3 cm³/mol. The Balaban J connectivity index is 2.14. The summed E-state index contributed by atoms with van der Waals surface area (Å²) in [5.41, 5.74) is 0. The molecule has 0 N–H and O–H groups in total. The lowest BCUT2D eigenvalue weighted by Crippen LogP contribution is -2.40. The number of nitrogens with zero attached hydrogens (tertiary/aromatic N) is 2. The highest BCUT2D eigenvalue weighted by Crippen LogP contribution is 2.44. The molecular weight excluding hydrogens is 204 g/mol. The standard InChI is InChI=1S/C12H14N2O2/c15-7-13-5-11-9-1-2-10(4-3-9)12(11)6-14-8-16/h1-2,9-12H,3-6H2. The summed E-state index contributed by atoms with van der Waals surface area (Å²) in [6.07, 6.45) is 9.94. The van der Waals surface area contributed by atoms with Crippen LogP contribution in [-0.4, -0.2) is 25.2 Å². The van der Waals surface area contributed by atoms with Crippen molar-refractivity contribution < 1.29 is 9.59 Å². The van der Waals surface area contributed by atoms with Crippen LogP contribution < -0.4 is 0 Å². The highest BCUT2D eigenvalue weighted by molar-refractivity contribution is 5.33. The highest BCUT2D eigenvalue weighted by atomic mass is 16.1. The van der Waals surface area contributed by atoms with Crippen molar-refractivity contribution >= 4 is 12.2 Å². The summed E-state index contributed by atoms with van der Waals surface area (Å²) >= 11 is 0. The molecule has 0 aromatic carbocycles. The minimum atomic E-state index is 0.335. The summed E-state index contributed by atoms with van der Waals surface area (Å²) in [5.74, 6) is 1.63. The van der Waals surface area contributed by atoms with Crippen LogP contribution in [0.5, 0.6) is 0 Å². The molecule has 4 atom stereocenters. The number of fused-ring (bicyclic) bond motifs is 2. The monoisotopic (exact) mass is 218 g/mol. The zero-order valence-electron chi connectivity index (χ0n) is 9.00. The highest BCUT2D eigenvalue weighted by Gasteiger charge is 2.40. The van der Waals surface area contributed by atoms with Crippen LogP contribution in [0.25, 0.3) is 0 Å². The zero-order valence-corrected chi connectivity index (χ0v) is 9.00. The average Bonchev–Trinajstić information content (AvgIpc) is 2.35. The molecule has 3 aliphatic rings. The minimum Gasteiger partial charge on any atom is -0.211 e. The van der Waals surface area contributed by atoms with Gasteiger partial charge in [-0.05, 0) is 36.5 Å². The molecule has 3 aliphatic carbocycles. The van der Waals surface area contributed by atoms with E-state index in [1.807, 2.05) is 0 Å². The Bertz CT molecular complexity index is 342. The van der Waals surface area contributed by atoms with Crippen LogP contribution >= 0.6 is 0 Å². The number of hydrogen-bond donors (Lipinski definition) is 0. The molecule has 0 radical (unpaired) electrons. The Morgan fingerprint density at radius 2 is 1.38 bits per heavy atom. The molecule has 4 unspecified atom stereocenters. The van der Waals surface area contributed by atoms with E-state index in [9.17, 15) is 9.59 Å². The van der Waals surface area contributed by atoms with Gasteiger partial charge in [-0.25, -0.2) is 19.6 Å². The van der Waals surface area contributed by atoms with Gasteiger partial charge in [0.05, 0.1) is 13.1 Å². The molecule has 1 fully saturated rings. The summed E-state index contributed by atoms with van der Waals surface area (Å²) in [6, 6.07) is 0. The fourth-order valence-electron chi connectivity index (χ4n) is 3.04. The molecule has 2 bridgehead atoms. The molecule has 0 amide bonds. The van der Waals surface area contributed by atoms with Gasteiger partial charge >= 0.3 is 0 Å². The molecule has 16 heavy (non-hydrogen) atoms. The van der Waals surface area contributed by atoms with Gasteiger partial charge in [-0.1, -0.05) is 12.2 Å². The molecule has 4 heteroatoms. The maximum atomic E-state index is 10.2. The van der Waals surface area contributed by atoms with Gasteiger partial charge in [-0.15, -0.1) is 0 Å². The van der Waals surface area contributed by atoms with Crippen LogP contribution in [-0.2, 0) is 9.59 Å². The average molecular weight is 218 g/mol. The van der Waals surface area contributed by atoms with Gasteiger partial charge in [0, 0.05) is 0 Å². The fraction of sp³-hybridized carbons (Fsp3) is 0.667. The summed E-state index contributed by atoms with van der Waals surface area (Å²) < 4.78 is 0. The van der Waals surface area contributed by atoms with Crippen molar-refractivity contribution in [2.45, 2.75) is 12.8 Å². The van der Waals surface area contributed by atoms with Crippen molar-refractivity contribution in [2.24, 2.45) is 33.7 Å². The van der Waals surface area contributed by atoms with E-state index in [2.05, 4.69) is 22.1 Å². The van der Waals surface area contributed by atoms with E-state index in [1.54, 1.807) is 12.2 Å². The second-order valence-electron chi connectivity index (χ2n) is 4.48. The lowest BCUT2D eigenvalue weighted by Gasteiger charge is -2.43. The van der Waals surface area contributed by atoms with Crippen molar-refractivity contribution in [2.75, 3.05) is 13.1 Å². The first-order valence-electron chi connectivity index (χ1n) is 5.62. The summed E-state index contributed by atoms with van der Waals surface area (Å²) in [4.78, 5) is 27.7. The number of carbonyl (C=O) groups excluding carboxylic acids is 2. The third-order valence-corrected chi connectivity index (χ3v) is 3.82. The first-order chi connectivity index (χ1) is 7.86. The normalized spacial score (nSPS) is 35.2. The van der Waals surface area contributed by atoms with Crippen LogP contribution in [0.4, 0.5) is 0 Å². The Labute approximate surface area is 94.2 Å². The summed E-state index contributed by atoms with van der Waals surface area (Å²) in [7, 11) is 0. The van der Waals surface area contributed by atoms with Gasteiger partial charge in [0.25, 0.3) is 0 Å². The minimum absolute atomic E-state index is 0.335. The van der Waals surface area contributed by atoms with Gasteiger partial charge in [0.2, 0.25) is 12.2 Å². The lowest BCUT2D eigenvalue weighted by molar-refractivity contribution is 0.135. The second kappa shape index (κ2) is 5.02. The number of isocyanates is 2. The second-order valence-corrected chi connectivity index (χ2v) is 4.48. The molecule has 0 spiro atoms. The molecule has 1 saturated carbocycles. The SMILES string of the molecule is O=C=NCC1C2C=CC(CC2)C1CN=C=O. The number of hydrogen-bond acceptors (Lipinski definition) is 4. The van der Waals surface area contributed by atoms with Crippen LogP contribution in [0.2, 0.25) is 0 Å². The zero-order chi connectivity index (χ0) is 11.4. The van der Waals surface area contributed by atoms with Crippen LogP contribution in [0.15, 0.2) is 22.1 Å². The van der Waals surface area contributed by atoms with Gasteiger partial charge in [0.15, 0.2) is 0 Å².